The summed E-state index contributed by atoms with van der Waals surface area (Å²) in [5, 5.41) is 0. The summed E-state index contributed by atoms with van der Waals surface area (Å²) in [7, 11) is 0. The van der Waals surface area contributed by atoms with E-state index in [1.807, 2.05) is 25.1 Å². The molecule has 0 nitrogen and oxygen atoms in total. The molecule has 1 aliphatic rings. The van der Waals surface area contributed by atoms with Gasteiger partial charge in [-0.05, 0) is 66.5 Å². The molecule has 1 aliphatic carbocycles. The van der Waals surface area contributed by atoms with E-state index in [2.05, 4.69) is 30.3 Å². The molecule has 3 rings (SSSR count). The van der Waals surface area contributed by atoms with Crippen molar-refractivity contribution in [3.05, 3.63) is 77.1 Å². The standard InChI is InChI=1S/C19H19F/c1-14-13-17(10-12-19(14)20)18(11-9-15-7-8-15)16-5-3-2-4-6-16/h2-6,10-13,15H,7-9H2,1H3/b18-11-. The van der Waals surface area contributed by atoms with E-state index in [9.17, 15) is 4.39 Å². The number of allylic oxidation sites excluding steroid dienone is 1. The minimum Gasteiger partial charge on any atom is -0.207 e. The molecule has 0 spiro atoms. The van der Waals surface area contributed by atoms with Crippen LogP contribution in [0, 0.1) is 18.7 Å². The average molecular weight is 266 g/mol. The summed E-state index contributed by atoms with van der Waals surface area (Å²) >= 11 is 0. The van der Waals surface area contributed by atoms with Crippen LogP contribution in [-0.2, 0) is 0 Å². The molecule has 102 valence electrons. The van der Waals surface area contributed by atoms with Gasteiger partial charge in [0.1, 0.15) is 5.82 Å². The van der Waals surface area contributed by atoms with Crippen molar-refractivity contribution in [1.29, 1.82) is 0 Å². The predicted octanol–water partition coefficient (Wildman–Crippen LogP) is 5.37. The Labute approximate surface area is 120 Å². The summed E-state index contributed by atoms with van der Waals surface area (Å²) in [4.78, 5) is 0. The molecule has 1 fully saturated rings. The van der Waals surface area contributed by atoms with Crippen LogP contribution < -0.4 is 0 Å². The van der Waals surface area contributed by atoms with Crippen LogP contribution in [0.3, 0.4) is 0 Å². The highest BCUT2D eigenvalue weighted by Crippen LogP contribution is 2.35. The second-order valence-corrected chi connectivity index (χ2v) is 5.63. The third-order valence-corrected chi connectivity index (χ3v) is 3.91. The lowest BCUT2D eigenvalue weighted by Gasteiger charge is -2.10. The van der Waals surface area contributed by atoms with Crippen LogP contribution in [0.15, 0.2) is 54.6 Å². The van der Waals surface area contributed by atoms with E-state index in [1.54, 1.807) is 6.07 Å². The molecule has 1 heteroatoms. The molecule has 0 heterocycles. The third-order valence-electron chi connectivity index (χ3n) is 3.91. The van der Waals surface area contributed by atoms with Gasteiger partial charge in [-0.1, -0.05) is 42.5 Å². The Morgan fingerprint density at radius 2 is 1.85 bits per heavy atom. The molecule has 2 aromatic carbocycles. The minimum absolute atomic E-state index is 0.136. The van der Waals surface area contributed by atoms with Crippen molar-refractivity contribution in [2.45, 2.75) is 26.2 Å². The zero-order valence-corrected chi connectivity index (χ0v) is 11.8. The van der Waals surface area contributed by atoms with Gasteiger partial charge in [0, 0.05) is 0 Å². The van der Waals surface area contributed by atoms with Crippen LogP contribution in [0.2, 0.25) is 0 Å². The van der Waals surface area contributed by atoms with Gasteiger partial charge in [0.2, 0.25) is 0 Å². The van der Waals surface area contributed by atoms with E-state index in [1.165, 1.54) is 24.0 Å². The predicted molar refractivity (Wildman–Crippen MR) is 82.0 cm³/mol. The van der Waals surface area contributed by atoms with Crippen LogP contribution in [-0.4, -0.2) is 0 Å². The number of hydrogen-bond donors (Lipinski definition) is 0. The Bertz CT molecular complexity index is 621. The highest BCUT2D eigenvalue weighted by molar-refractivity contribution is 5.80. The zero-order chi connectivity index (χ0) is 13.9. The normalized spacial score (nSPS) is 15.4. The van der Waals surface area contributed by atoms with Gasteiger partial charge in [-0.3, -0.25) is 0 Å². The Balaban J connectivity index is 1.99. The summed E-state index contributed by atoms with van der Waals surface area (Å²) in [6, 6.07) is 15.8. The lowest BCUT2D eigenvalue weighted by molar-refractivity contribution is 0.618. The second kappa shape index (κ2) is 5.62. The molecular weight excluding hydrogens is 247 g/mol. The van der Waals surface area contributed by atoms with Crippen LogP contribution in [0.25, 0.3) is 5.57 Å². The molecule has 0 unspecified atom stereocenters. The van der Waals surface area contributed by atoms with Crippen LogP contribution in [0.5, 0.6) is 0 Å². The SMILES string of the molecule is Cc1cc(/C(=C\CC2CC2)c2ccccc2)ccc1F. The maximum Gasteiger partial charge on any atom is 0.126 e. The first kappa shape index (κ1) is 13.1. The minimum atomic E-state index is -0.136. The summed E-state index contributed by atoms with van der Waals surface area (Å²) in [5.74, 6) is 0.721. The Morgan fingerprint density at radius 1 is 1.10 bits per heavy atom. The molecular formula is C19H19F. The number of rotatable bonds is 4. The van der Waals surface area contributed by atoms with Gasteiger partial charge in [0.05, 0.1) is 0 Å². The number of aryl methyl sites for hydroxylation is 1. The largest absolute Gasteiger partial charge is 0.207 e. The van der Waals surface area contributed by atoms with E-state index in [-0.39, 0.29) is 5.82 Å². The summed E-state index contributed by atoms with van der Waals surface area (Å²) in [6.45, 7) is 1.82. The monoisotopic (exact) mass is 266 g/mol. The van der Waals surface area contributed by atoms with E-state index in [4.69, 9.17) is 0 Å². The zero-order valence-electron chi connectivity index (χ0n) is 11.8. The number of benzene rings is 2. The average Bonchev–Trinajstić information content (AvgIpc) is 3.28. The van der Waals surface area contributed by atoms with Crippen molar-refractivity contribution < 1.29 is 4.39 Å². The van der Waals surface area contributed by atoms with Crippen molar-refractivity contribution in [2.75, 3.05) is 0 Å². The van der Waals surface area contributed by atoms with Crippen molar-refractivity contribution >= 4 is 5.57 Å². The quantitative estimate of drug-likeness (QED) is 0.698. The topological polar surface area (TPSA) is 0 Å². The van der Waals surface area contributed by atoms with E-state index >= 15 is 0 Å². The van der Waals surface area contributed by atoms with Gasteiger partial charge in [-0.15, -0.1) is 0 Å². The molecule has 2 aromatic rings. The Morgan fingerprint density at radius 3 is 2.50 bits per heavy atom. The van der Waals surface area contributed by atoms with Crippen molar-refractivity contribution in [2.24, 2.45) is 5.92 Å². The van der Waals surface area contributed by atoms with E-state index in [0.717, 1.165) is 17.9 Å². The fourth-order valence-electron chi connectivity index (χ4n) is 2.47. The molecule has 0 amide bonds. The van der Waals surface area contributed by atoms with Gasteiger partial charge in [-0.25, -0.2) is 4.39 Å². The fraction of sp³-hybridized carbons (Fsp3) is 0.263. The lowest BCUT2D eigenvalue weighted by atomic mass is 9.95. The van der Waals surface area contributed by atoms with Crippen molar-refractivity contribution in [1.82, 2.24) is 0 Å². The first-order valence-corrected chi connectivity index (χ1v) is 7.26. The summed E-state index contributed by atoms with van der Waals surface area (Å²) in [6.07, 6.45) is 6.14. The van der Waals surface area contributed by atoms with Gasteiger partial charge in [0.15, 0.2) is 0 Å². The highest BCUT2D eigenvalue weighted by atomic mass is 19.1. The van der Waals surface area contributed by atoms with Crippen LogP contribution >= 0.6 is 0 Å². The molecule has 0 N–H and O–H groups in total. The lowest BCUT2D eigenvalue weighted by Crippen LogP contribution is -1.91. The number of hydrogen-bond acceptors (Lipinski definition) is 0. The second-order valence-electron chi connectivity index (χ2n) is 5.63. The molecule has 0 radical (unpaired) electrons. The fourth-order valence-corrected chi connectivity index (χ4v) is 2.47. The van der Waals surface area contributed by atoms with Crippen molar-refractivity contribution in [3.63, 3.8) is 0 Å². The van der Waals surface area contributed by atoms with Gasteiger partial charge >= 0.3 is 0 Å². The van der Waals surface area contributed by atoms with Gasteiger partial charge in [0.25, 0.3) is 0 Å². The molecule has 0 aromatic heterocycles. The molecule has 0 bridgehead atoms. The highest BCUT2D eigenvalue weighted by Gasteiger charge is 2.20. The van der Waals surface area contributed by atoms with Crippen molar-refractivity contribution in [3.8, 4) is 0 Å². The first-order valence-electron chi connectivity index (χ1n) is 7.26. The Hall–Kier alpha value is -1.89. The summed E-state index contributed by atoms with van der Waals surface area (Å²) < 4.78 is 13.5. The van der Waals surface area contributed by atoms with E-state index in [0.29, 0.717) is 5.56 Å². The van der Waals surface area contributed by atoms with Crippen LogP contribution in [0.1, 0.15) is 36.0 Å². The summed E-state index contributed by atoms with van der Waals surface area (Å²) in [5.41, 5.74) is 4.24. The molecule has 0 atom stereocenters. The third kappa shape index (κ3) is 2.98. The Kier molecular flexibility index (Phi) is 3.68. The van der Waals surface area contributed by atoms with E-state index < -0.39 is 0 Å². The van der Waals surface area contributed by atoms with Gasteiger partial charge in [-0.2, -0.15) is 0 Å². The molecule has 1 saturated carbocycles. The maximum atomic E-state index is 13.5. The molecule has 0 aliphatic heterocycles. The molecule has 20 heavy (non-hydrogen) atoms. The van der Waals surface area contributed by atoms with Gasteiger partial charge < -0.3 is 0 Å². The smallest absolute Gasteiger partial charge is 0.126 e. The first-order chi connectivity index (χ1) is 9.74. The molecule has 0 saturated heterocycles. The number of halogens is 1. The van der Waals surface area contributed by atoms with Crippen LogP contribution in [0.4, 0.5) is 4.39 Å². The maximum absolute atomic E-state index is 13.5.